The predicted octanol–water partition coefficient (Wildman–Crippen LogP) is 2.47. The molecule has 0 saturated carbocycles. The van der Waals surface area contributed by atoms with E-state index in [-0.39, 0.29) is 6.03 Å². The standard InChI is InChI=1S/C14H18N4O/c1-3-18(10-12-7-5-4-6-8-12)14(19)16-13-9-15-17(2)11-13/h4-9,11H,3,10H2,1-2H3,(H,16,19). The van der Waals surface area contributed by atoms with Gasteiger partial charge in [-0.2, -0.15) is 5.10 Å². The van der Waals surface area contributed by atoms with Crippen LogP contribution in [0.5, 0.6) is 0 Å². The third kappa shape index (κ3) is 3.58. The highest BCUT2D eigenvalue weighted by atomic mass is 16.2. The van der Waals surface area contributed by atoms with Crippen LogP contribution < -0.4 is 5.32 Å². The van der Waals surface area contributed by atoms with Crippen molar-refractivity contribution < 1.29 is 4.79 Å². The van der Waals surface area contributed by atoms with Gasteiger partial charge in [0.05, 0.1) is 11.9 Å². The third-order valence-corrected chi connectivity index (χ3v) is 2.84. The maximum Gasteiger partial charge on any atom is 0.322 e. The Kier molecular flexibility index (Phi) is 4.18. The van der Waals surface area contributed by atoms with Gasteiger partial charge >= 0.3 is 6.03 Å². The number of hydrogen-bond donors (Lipinski definition) is 1. The molecule has 5 heteroatoms. The van der Waals surface area contributed by atoms with E-state index in [0.29, 0.717) is 18.8 Å². The second-order valence-corrected chi connectivity index (χ2v) is 4.33. The SMILES string of the molecule is CCN(Cc1ccccc1)C(=O)Nc1cnn(C)c1. The van der Waals surface area contributed by atoms with Crippen molar-refractivity contribution in [2.45, 2.75) is 13.5 Å². The smallest absolute Gasteiger partial charge is 0.320 e. The normalized spacial score (nSPS) is 10.2. The molecule has 0 bridgehead atoms. The molecule has 2 rings (SSSR count). The maximum absolute atomic E-state index is 12.1. The van der Waals surface area contributed by atoms with Crippen LogP contribution in [0.3, 0.4) is 0 Å². The second-order valence-electron chi connectivity index (χ2n) is 4.33. The highest BCUT2D eigenvalue weighted by Crippen LogP contribution is 2.08. The van der Waals surface area contributed by atoms with Gasteiger partial charge in [0.2, 0.25) is 0 Å². The lowest BCUT2D eigenvalue weighted by molar-refractivity contribution is 0.212. The average molecular weight is 258 g/mol. The van der Waals surface area contributed by atoms with Gasteiger partial charge in [0.15, 0.2) is 0 Å². The average Bonchev–Trinajstić information content (AvgIpc) is 2.82. The quantitative estimate of drug-likeness (QED) is 0.916. The number of amides is 2. The van der Waals surface area contributed by atoms with Crippen molar-refractivity contribution in [3.8, 4) is 0 Å². The molecule has 2 aromatic rings. The van der Waals surface area contributed by atoms with Crippen LogP contribution in [0, 0.1) is 0 Å². The number of aromatic nitrogens is 2. The lowest BCUT2D eigenvalue weighted by Crippen LogP contribution is -2.34. The fourth-order valence-electron chi connectivity index (χ4n) is 1.82. The van der Waals surface area contributed by atoms with Gasteiger partial charge in [-0.05, 0) is 12.5 Å². The van der Waals surface area contributed by atoms with Crippen LogP contribution in [-0.2, 0) is 13.6 Å². The van der Waals surface area contributed by atoms with Gasteiger partial charge < -0.3 is 10.2 Å². The molecule has 0 fully saturated rings. The first-order chi connectivity index (χ1) is 9.19. The Morgan fingerprint density at radius 2 is 2.11 bits per heavy atom. The molecule has 0 aliphatic heterocycles. The number of rotatable bonds is 4. The highest BCUT2D eigenvalue weighted by molar-refractivity contribution is 5.88. The van der Waals surface area contributed by atoms with Crippen molar-refractivity contribution in [3.05, 3.63) is 48.3 Å². The van der Waals surface area contributed by atoms with Gasteiger partial charge in [0.1, 0.15) is 0 Å². The Labute approximate surface area is 112 Å². The molecule has 0 unspecified atom stereocenters. The summed E-state index contributed by atoms with van der Waals surface area (Å²) in [5, 5.41) is 6.86. The molecule has 19 heavy (non-hydrogen) atoms. The lowest BCUT2D eigenvalue weighted by Gasteiger charge is -2.21. The predicted molar refractivity (Wildman–Crippen MR) is 74.8 cm³/mol. The van der Waals surface area contributed by atoms with Gasteiger partial charge in [-0.25, -0.2) is 4.79 Å². The van der Waals surface area contributed by atoms with E-state index < -0.39 is 0 Å². The molecular weight excluding hydrogens is 240 g/mol. The van der Waals surface area contributed by atoms with E-state index in [1.165, 1.54) is 0 Å². The summed E-state index contributed by atoms with van der Waals surface area (Å²) in [5.41, 5.74) is 1.82. The number of aryl methyl sites for hydroxylation is 1. The van der Waals surface area contributed by atoms with Gasteiger partial charge in [-0.1, -0.05) is 30.3 Å². The molecule has 2 amide bonds. The fourth-order valence-corrected chi connectivity index (χ4v) is 1.82. The van der Waals surface area contributed by atoms with Crippen molar-refractivity contribution >= 4 is 11.7 Å². The summed E-state index contributed by atoms with van der Waals surface area (Å²) in [6.45, 7) is 3.22. The summed E-state index contributed by atoms with van der Waals surface area (Å²) in [5.74, 6) is 0. The molecule has 5 nitrogen and oxygen atoms in total. The van der Waals surface area contributed by atoms with E-state index in [4.69, 9.17) is 0 Å². The molecule has 100 valence electrons. The molecule has 1 heterocycles. The highest BCUT2D eigenvalue weighted by Gasteiger charge is 2.12. The molecule has 1 N–H and O–H groups in total. The molecule has 0 saturated heterocycles. The van der Waals surface area contributed by atoms with Gasteiger partial charge in [-0.15, -0.1) is 0 Å². The minimum Gasteiger partial charge on any atom is -0.320 e. The summed E-state index contributed by atoms with van der Waals surface area (Å²) in [6, 6.07) is 9.83. The minimum atomic E-state index is -0.112. The van der Waals surface area contributed by atoms with Crippen molar-refractivity contribution in [2.75, 3.05) is 11.9 Å². The zero-order chi connectivity index (χ0) is 13.7. The van der Waals surface area contributed by atoms with Crippen LogP contribution in [-0.4, -0.2) is 27.3 Å². The van der Waals surface area contributed by atoms with Crippen molar-refractivity contribution in [2.24, 2.45) is 7.05 Å². The number of carbonyl (C=O) groups is 1. The van der Waals surface area contributed by atoms with Crippen molar-refractivity contribution in [3.63, 3.8) is 0 Å². The zero-order valence-corrected chi connectivity index (χ0v) is 11.2. The van der Waals surface area contributed by atoms with Gasteiger partial charge in [-0.3, -0.25) is 4.68 Å². The number of nitrogens with zero attached hydrogens (tertiary/aromatic N) is 3. The minimum absolute atomic E-state index is 0.112. The molecule has 0 radical (unpaired) electrons. The molecule has 0 spiro atoms. The topological polar surface area (TPSA) is 50.2 Å². The molecule has 1 aromatic heterocycles. The Balaban J connectivity index is 1.99. The number of hydrogen-bond acceptors (Lipinski definition) is 2. The van der Waals surface area contributed by atoms with E-state index in [1.807, 2.05) is 44.3 Å². The Bertz CT molecular complexity index is 535. The van der Waals surface area contributed by atoms with E-state index >= 15 is 0 Å². The number of anilines is 1. The monoisotopic (exact) mass is 258 g/mol. The zero-order valence-electron chi connectivity index (χ0n) is 11.2. The van der Waals surface area contributed by atoms with Crippen molar-refractivity contribution in [1.29, 1.82) is 0 Å². The van der Waals surface area contributed by atoms with E-state index in [1.54, 1.807) is 22.0 Å². The van der Waals surface area contributed by atoms with E-state index in [0.717, 1.165) is 5.56 Å². The van der Waals surface area contributed by atoms with Crippen LogP contribution in [0.4, 0.5) is 10.5 Å². The Morgan fingerprint density at radius 3 is 2.68 bits per heavy atom. The van der Waals surface area contributed by atoms with Gasteiger partial charge in [0.25, 0.3) is 0 Å². The summed E-state index contributed by atoms with van der Waals surface area (Å²) in [7, 11) is 1.82. The van der Waals surface area contributed by atoms with Crippen molar-refractivity contribution in [1.82, 2.24) is 14.7 Å². The maximum atomic E-state index is 12.1. The summed E-state index contributed by atoms with van der Waals surface area (Å²) < 4.78 is 1.66. The molecule has 0 atom stereocenters. The molecule has 0 aliphatic carbocycles. The number of nitrogens with one attached hydrogen (secondary N) is 1. The Morgan fingerprint density at radius 1 is 1.37 bits per heavy atom. The number of urea groups is 1. The third-order valence-electron chi connectivity index (χ3n) is 2.84. The molecular formula is C14H18N4O. The van der Waals surface area contributed by atoms with Crippen LogP contribution in [0.1, 0.15) is 12.5 Å². The first kappa shape index (κ1) is 13.1. The first-order valence-corrected chi connectivity index (χ1v) is 6.27. The van der Waals surface area contributed by atoms with Crippen LogP contribution in [0.2, 0.25) is 0 Å². The summed E-state index contributed by atoms with van der Waals surface area (Å²) in [6.07, 6.45) is 3.41. The summed E-state index contributed by atoms with van der Waals surface area (Å²) >= 11 is 0. The lowest BCUT2D eigenvalue weighted by atomic mass is 10.2. The number of carbonyl (C=O) groups excluding carboxylic acids is 1. The largest absolute Gasteiger partial charge is 0.322 e. The van der Waals surface area contributed by atoms with Crippen LogP contribution in [0.25, 0.3) is 0 Å². The van der Waals surface area contributed by atoms with Crippen LogP contribution in [0.15, 0.2) is 42.7 Å². The molecule has 0 aliphatic rings. The van der Waals surface area contributed by atoms with E-state index in [9.17, 15) is 4.79 Å². The molecule has 1 aromatic carbocycles. The fraction of sp³-hybridized carbons (Fsp3) is 0.286. The van der Waals surface area contributed by atoms with Crippen LogP contribution >= 0.6 is 0 Å². The summed E-state index contributed by atoms with van der Waals surface area (Å²) in [4.78, 5) is 13.9. The first-order valence-electron chi connectivity index (χ1n) is 6.27. The second kappa shape index (κ2) is 6.04. The number of benzene rings is 1. The van der Waals surface area contributed by atoms with Gasteiger partial charge in [0, 0.05) is 26.3 Å². The van der Waals surface area contributed by atoms with E-state index in [2.05, 4.69) is 10.4 Å². The Hall–Kier alpha value is -2.30.